The smallest absolute Gasteiger partial charge is 0.274 e. The van der Waals surface area contributed by atoms with Crippen molar-refractivity contribution in [2.45, 2.75) is 26.3 Å². The molecule has 2 heterocycles. The first-order valence-electron chi connectivity index (χ1n) is 7.21. The van der Waals surface area contributed by atoms with Crippen LogP contribution in [0.25, 0.3) is 0 Å². The average molecular weight is 277 g/mol. The Morgan fingerprint density at radius 2 is 2.15 bits per heavy atom. The van der Waals surface area contributed by atoms with E-state index in [-0.39, 0.29) is 5.91 Å². The van der Waals surface area contributed by atoms with Crippen molar-refractivity contribution in [2.24, 2.45) is 0 Å². The second-order valence-electron chi connectivity index (χ2n) is 5.11. The van der Waals surface area contributed by atoms with Crippen LogP contribution >= 0.6 is 0 Å². The zero-order valence-corrected chi connectivity index (χ0v) is 12.5. The number of hydrogen-bond donors (Lipinski definition) is 1. The minimum absolute atomic E-state index is 0.0212. The minimum Gasteiger partial charge on any atom is -0.369 e. The second kappa shape index (κ2) is 6.65. The van der Waals surface area contributed by atoms with E-state index in [1.54, 1.807) is 12.4 Å². The fourth-order valence-corrected chi connectivity index (χ4v) is 2.44. The highest BCUT2D eigenvalue weighted by molar-refractivity contribution is 5.92. The summed E-state index contributed by atoms with van der Waals surface area (Å²) >= 11 is 0. The Morgan fingerprint density at radius 3 is 2.75 bits per heavy atom. The van der Waals surface area contributed by atoms with Crippen molar-refractivity contribution in [1.82, 2.24) is 19.8 Å². The van der Waals surface area contributed by atoms with E-state index in [9.17, 15) is 4.79 Å². The Kier molecular flexibility index (Phi) is 4.89. The Bertz CT molecular complexity index is 447. The Labute approximate surface area is 120 Å². The molecule has 0 spiro atoms. The van der Waals surface area contributed by atoms with Gasteiger partial charge < -0.3 is 10.2 Å². The maximum absolute atomic E-state index is 12.4. The minimum atomic E-state index is -0.0212. The van der Waals surface area contributed by atoms with Crippen LogP contribution in [0.15, 0.2) is 12.4 Å². The predicted octanol–water partition coefficient (Wildman–Crippen LogP) is 1.07. The Hall–Kier alpha value is -1.69. The van der Waals surface area contributed by atoms with Crippen LogP contribution in [0.2, 0.25) is 0 Å². The van der Waals surface area contributed by atoms with Gasteiger partial charge in [0.15, 0.2) is 0 Å². The molecule has 1 fully saturated rings. The maximum atomic E-state index is 12.4. The molecule has 0 radical (unpaired) electrons. The van der Waals surface area contributed by atoms with Gasteiger partial charge in [0.1, 0.15) is 11.5 Å². The van der Waals surface area contributed by atoms with E-state index in [0.29, 0.717) is 17.6 Å². The normalized spacial score (nSPS) is 19.9. The van der Waals surface area contributed by atoms with E-state index >= 15 is 0 Å². The number of likely N-dealkylation sites (N-methyl/N-ethyl adjacent to an activating group) is 1. The second-order valence-corrected chi connectivity index (χ2v) is 5.11. The number of anilines is 1. The van der Waals surface area contributed by atoms with E-state index < -0.39 is 0 Å². The molecule has 0 aromatic carbocycles. The lowest BCUT2D eigenvalue weighted by Gasteiger charge is -2.38. The van der Waals surface area contributed by atoms with Crippen molar-refractivity contribution in [3.63, 3.8) is 0 Å². The first-order chi connectivity index (χ1) is 9.65. The molecule has 0 aliphatic carbocycles. The number of aromatic nitrogens is 2. The lowest BCUT2D eigenvalue weighted by atomic mass is 10.1. The summed E-state index contributed by atoms with van der Waals surface area (Å²) in [5.41, 5.74) is 0.422. The van der Waals surface area contributed by atoms with Gasteiger partial charge in [-0.15, -0.1) is 0 Å². The SMILES string of the molecule is CCNc1cnc(C(=O)N2CCN(C)C(CC)C2)cn1. The van der Waals surface area contributed by atoms with Crippen LogP contribution in [0.1, 0.15) is 30.8 Å². The summed E-state index contributed by atoms with van der Waals surface area (Å²) in [4.78, 5) is 25.0. The van der Waals surface area contributed by atoms with Gasteiger partial charge in [0.25, 0.3) is 5.91 Å². The molecule has 1 amide bonds. The van der Waals surface area contributed by atoms with E-state index in [2.05, 4.69) is 34.2 Å². The molecular formula is C14H23N5O. The van der Waals surface area contributed by atoms with E-state index in [1.807, 2.05) is 11.8 Å². The maximum Gasteiger partial charge on any atom is 0.274 e. The summed E-state index contributed by atoms with van der Waals surface area (Å²) in [6.45, 7) is 7.37. The third kappa shape index (κ3) is 3.25. The Morgan fingerprint density at radius 1 is 1.35 bits per heavy atom. The molecule has 0 bridgehead atoms. The molecule has 2 rings (SSSR count). The standard InChI is InChI=1S/C14H23N5O/c1-4-11-10-19(7-6-18(11)3)14(20)12-8-17-13(9-16-12)15-5-2/h8-9,11H,4-7,10H2,1-3H3,(H,15,17). The highest BCUT2D eigenvalue weighted by Crippen LogP contribution is 2.13. The average Bonchev–Trinajstić information content (AvgIpc) is 2.48. The zero-order valence-electron chi connectivity index (χ0n) is 12.5. The number of carbonyl (C=O) groups excluding carboxylic acids is 1. The number of piperazine rings is 1. The van der Waals surface area contributed by atoms with Crippen LogP contribution in [0.3, 0.4) is 0 Å². The summed E-state index contributed by atoms with van der Waals surface area (Å²) in [6, 6.07) is 0.432. The van der Waals surface area contributed by atoms with Crippen LogP contribution in [0.5, 0.6) is 0 Å². The molecule has 6 nitrogen and oxygen atoms in total. The van der Waals surface area contributed by atoms with Crippen molar-refractivity contribution in [3.8, 4) is 0 Å². The van der Waals surface area contributed by atoms with E-state index in [4.69, 9.17) is 0 Å². The largest absolute Gasteiger partial charge is 0.369 e. The van der Waals surface area contributed by atoms with Gasteiger partial charge in [-0.2, -0.15) is 0 Å². The summed E-state index contributed by atoms with van der Waals surface area (Å²) in [5.74, 6) is 0.681. The van der Waals surface area contributed by atoms with Gasteiger partial charge in [0.2, 0.25) is 0 Å². The molecule has 1 aliphatic rings. The van der Waals surface area contributed by atoms with Crippen LogP contribution in [-0.2, 0) is 0 Å². The van der Waals surface area contributed by atoms with Gasteiger partial charge in [-0.05, 0) is 20.4 Å². The molecule has 1 aromatic rings. The van der Waals surface area contributed by atoms with Gasteiger partial charge >= 0.3 is 0 Å². The number of nitrogens with zero attached hydrogens (tertiary/aromatic N) is 4. The first kappa shape index (κ1) is 14.7. The molecule has 1 aliphatic heterocycles. The highest BCUT2D eigenvalue weighted by Gasteiger charge is 2.27. The van der Waals surface area contributed by atoms with Gasteiger partial charge in [0, 0.05) is 32.2 Å². The van der Waals surface area contributed by atoms with Crippen molar-refractivity contribution in [3.05, 3.63) is 18.1 Å². The fourth-order valence-electron chi connectivity index (χ4n) is 2.44. The molecule has 1 aromatic heterocycles. The first-order valence-corrected chi connectivity index (χ1v) is 7.21. The van der Waals surface area contributed by atoms with E-state index in [1.165, 1.54) is 0 Å². The van der Waals surface area contributed by atoms with Crippen molar-refractivity contribution >= 4 is 11.7 Å². The van der Waals surface area contributed by atoms with Gasteiger partial charge in [0.05, 0.1) is 12.4 Å². The number of rotatable bonds is 4. The lowest BCUT2D eigenvalue weighted by Crippen LogP contribution is -2.53. The van der Waals surface area contributed by atoms with Gasteiger partial charge in [-0.1, -0.05) is 6.92 Å². The molecule has 1 atom stereocenters. The van der Waals surface area contributed by atoms with Crippen LogP contribution in [0.4, 0.5) is 5.82 Å². The topological polar surface area (TPSA) is 61.4 Å². The molecule has 1 unspecified atom stereocenters. The number of carbonyl (C=O) groups is 1. The fraction of sp³-hybridized carbons (Fsp3) is 0.643. The van der Waals surface area contributed by atoms with E-state index in [0.717, 1.165) is 32.6 Å². The quantitative estimate of drug-likeness (QED) is 0.892. The number of hydrogen-bond acceptors (Lipinski definition) is 5. The Balaban J connectivity index is 2.03. The molecule has 20 heavy (non-hydrogen) atoms. The van der Waals surface area contributed by atoms with Crippen molar-refractivity contribution in [2.75, 3.05) is 38.5 Å². The molecule has 1 saturated heterocycles. The molecule has 1 N–H and O–H groups in total. The summed E-state index contributed by atoms with van der Waals surface area (Å²) in [7, 11) is 2.11. The molecule has 110 valence electrons. The molecule has 0 saturated carbocycles. The molecule has 6 heteroatoms. The van der Waals surface area contributed by atoms with Crippen molar-refractivity contribution < 1.29 is 4.79 Å². The van der Waals surface area contributed by atoms with Crippen LogP contribution < -0.4 is 5.32 Å². The monoisotopic (exact) mass is 277 g/mol. The summed E-state index contributed by atoms with van der Waals surface area (Å²) in [6.07, 6.45) is 4.22. The number of amides is 1. The molecular weight excluding hydrogens is 254 g/mol. The van der Waals surface area contributed by atoms with Crippen LogP contribution in [0, 0.1) is 0 Å². The highest BCUT2D eigenvalue weighted by atomic mass is 16.2. The third-order valence-corrected chi connectivity index (χ3v) is 3.76. The third-order valence-electron chi connectivity index (χ3n) is 3.76. The van der Waals surface area contributed by atoms with Crippen LogP contribution in [-0.4, -0.2) is 64.9 Å². The lowest BCUT2D eigenvalue weighted by molar-refractivity contribution is 0.0536. The van der Waals surface area contributed by atoms with Crippen molar-refractivity contribution in [1.29, 1.82) is 0 Å². The van der Waals surface area contributed by atoms with Gasteiger partial charge in [-0.3, -0.25) is 9.69 Å². The summed E-state index contributed by atoms with van der Waals surface area (Å²) < 4.78 is 0. The zero-order chi connectivity index (χ0) is 14.5. The van der Waals surface area contributed by atoms with Gasteiger partial charge in [-0.25, -0.2) is 9.97 Å². The number of nitrogens with one attached hydrogen (secondary N) is 1. The predicted molar refractivity (Wildman–Crippen MR) is 78.8 cm³/mol. The summed E-state index contributed by atoms with van der Waals surface area (Å²) in [5, 5.41) is 3.07.